The highest BCUT2D eigenvalue weighted by molar-refractivity contribution is 6.01. The van der Waals surface area contributed by atoms with Crippen molar-refractivity contribution in [3.05, 3.63) is 0 Å². The lowest BCUT2D eigenvalue weighted by atomic mass is 9.96. The molecule has 0 saturated heterocycles. The summed E-state index contributed by atoms with van der Waals surface area (Å²) in [6.07, 6.45) is -3.48. The number of guanidine groups is 1. The van der Waals surface area contributed by atoms with Gasteiger partial charge < -0.3 is 124 Å². The number of aliphatic carboxylic acids is 1. The van der Waals surface area contributed by atoms with Gasteiger partial charge in [-0.25, -0.2) is 4.79 Å². The Bertz CT molecular complexity index is 2930. The molecule has 15 amide bonds. The summed E-state index contributed by atoms with van der Waals surface area (Å²) in [6, 6.07) is -18.5. The van der Waals surface area contributed by atoms with Crippen molar-refractivity contribution in [3.8, 4) is 0 Å². The molecule has 0 aliphatic carbocycles. The van der Waals surface area contributed by atoms with Gasteiger partial charge in [0.05, 0.1) is 44.9 Å². The average molecular weight is 1490 g/mol. The minimum absolute atomic E-state index is 0.00174. The number of primary amides is 1. The van der Waals surface area contributed by atoms with Crippen LogP contribution >= 0.6 is 0 Å². The molecule has 0 aliphatic rings. The van der Waals surface area contributed by atoms with Crippen molar-refractivity contribution >= 4 is 101 Å². The number of nitrogens with one attached hydrogen (secondary N) is 14. The van der Waals surface area contributed by atoms with Crippen LogP contribution < -0.4 is 103 Å². The molecule has 0 rings (SSSR count). The van der Waals surface area contributed by atoms with Crippen LogP contribution in [0.1, 0.15) is 148 Å². The van der Waals surface area contributed by atoms with Crippen molar-refractivity contribution < 1.29 is 97.1 Å². The van der Waals surface area contributed by atoms with Crippen LogP contribution in [0, 0.1) is 29.6 Å². The van der Waals surface area contributed by atoms with Crippen molar-refractivity contribution in [2.75, 3.05) is 39.3 Å². The van der Waals surface area contributed by atoms with E-state index in [-0.39, 0.29) is 82.4 Å². The van der Waals surface area contributed by atoms with Gasteiger partial charge in [0.1, 0.15) is 66.5 Å². The summed E-state index contributed by atoms with van der Waals surface area (Å²) in [7, 11) is 0. The Balaban J connectivity index is 6.80. The van der Waals surface area contributed by atoms with Crippen LogP contribution in [0.25, 0.3) is 0 Å². The van der Waals surface area contributed by atoms with Gasteiger partial charge in [-0.1, -0.05) is 75.7 Å². The summed E-state index contributed by atoms with van der Waals surface area (Å²) >= 11 is 0. The number of carbonyl (C=O) groups excluding carboxylic acids is 15. The second kappa shape index (κ2) is 48.5. The lowest BCUT2D eigenvalue weighted by molar-refractivity contribution is -0.144. The highest BCUT2D eigenvalue weighted by Gasteiger charge is 2.40. The van der Waals surface area contributed by atoms with E-state index >= 15 is 0 Å². The number of nitrogens with two attached hydrogens (primary N) is 5. The Morgan fingerprint density at radius 1 is 0.404 bits per heavy atom. The molecule has 40 heteroatoms. The van der Waals surface area contributed by atoms with Crippen LogP contribution in [0.4, 0.5) is 0 Å². The zero-order chi connectivity index (χ0) is 80.0. The van der Waals surface area contributed by atoms with Gasteiger partial charge in [0, 0.05) is 6.54 Å². The molecule has 0 fully saturated rings. The van der Waals surface area contributed by atoms with Crippen LogP contribution in [0.5, 0.6) is 0 Å². The van der Waals surface area contributed by atoms with Gasteiger partial charge in [0.15, 0.2) is 12.0 Å². The van der Waals surface area contributed by atoms with E-state index in [0.29, 0.717) is 6.42 Å². The zero-order valence-corrected chi connectivity index (χ0v) is 61.7. The van der Waals surface area contributed by atoms with Gasteiger partial charge in [-0.2, -0.15) is 0 Å². The van der Waals surface area contributed by atoms with Gasteiger partial charge in [0.25, 0.3) is 0 Å². The maximum absolute atomic E-state index is 14.4. The second-order valence-electron chi connectivity index (χ2n) is 26.9. The molecular weight excluding hydrogens is 1370 g/mol. The van der Waals surface area contributed by atoms with E-state index in [1.54, 1.807) is 55.4 Å². The SMILES string of the molecule is CC[C@H](C)[C@H](NC(=O)[C@H](CCCCN)NC(=O)[C@H](CC(N)=O)NC(=O)[C@@H](NC(=O)[C@@H](NC(=O)[C@H](CC(C)C)NC(=O)[C@@H](NC(=O)[C@H](CO)NC(=O)[C@H](CC(C)C)NC(=O)[C@H](C)NC(=O)CNC(=O)CN)[C@@H](C)O)C(C)C)C(C)C)C(=O)N[C@@H](CCCN=C(N)N)C(=O)NCC(=O)N[C@H](C(=O)O)[C@@H](C)O. The number of hydrogen-bond acceptors (Lipinski definition) is 22. The summed E-state index contributed by atoms with van der Waals surface area (Å²) in [5.74, 6) is -18.9. The molecule has 0 heterocycles. The Kier molecular flexibility index (Phi) is 44.1. The van der Waals surface area contributed by atoms with Crippen LogP contribution in [0.15, 0.2) is 4.99 Å². The first kappa shape index (κ1) is 94.6. The molecule has 0 aromatic rings. The minimum Gasteiger partial charge on any atom is -0.480 e. The van der Waals surface area contributed by atoms with Crippen LogP contribution in [0.2, 0.25) is 0 Å². The van der Waals surface area contributed by atoms with Gasteiger partial charge in [0.2, 0.25) is 88.6 Å². The maximum Gasteiger partial charge on any atom is 0.328 e. The van der Waals surface area contributed by atoms with E-state index in [9.17, 15) is 97.1 Å². The number of aliphatic imine (C=N–C) groups is 1. The smallest absolute Gasteiger partial charge is 0.328 e. The molecule has 40 nitrogen and oxygen atoms in total. The molecule has 0 aliphatic heterocycles. The standard InChI is InChI=1S/C64H116N20O20/c1-14-33(10)49(61(101)75-37(19-17-21-70-64(68)69)53(93)72-27-46(91)80-51(36(13)87)63(103)104)83-54(94)38(18-15-16-20-65)74-56(96)41(24-43(67)88)78-59(99)47(31(6)7)82-60(100)48(32(8)9)81-57(97)40(23-30(4)5)77-62(102)50(35(12)86)84-58(98)42(28-85)79-55(95)39(22-29(2)3)76-52(92)34(11)73-45(90)26-71-44(89)25-66/h29-42,47-51,85-87H,14-28,65-66H2,1-13H3,(H2,67,88)(H,71,89)(H,72,93)(H,73,90)(H,74,96)(H,75,101)(H,76,92)(H,77,102)(H,78,99)(H,79,95)(H,80,91)(H,81,97)(H,82,100)(H,83,94)(H,84,98)(H,103,104)(H4,68,69,70)/t33-,34-,35+,36+,37-,38-,39-,40-,41-,42-,47-,48-,49-,50-,51-/m0/s1. The second-order valence-corrected chi connectivity index (χ2v) is 26.9. The van der Waals surface area contributed by atoms with E-state index in [4.69, 9.17) is 28.7 Å². The first-order valence-corrected chi connectivity index (χ1v) is 34.6. The number of carbonyl (C=O) groups is 16. The number of carboxylic acids is 1. The van der Waals surface area contributed by atoms with Crippen LogP contribution in [-0.2, 0) is 76.7 Å². The maximum atomic E-state index is 14.4. The highest BCUT2D eigenvalue weighted by Crippen LogP contribution is 2.15. The molecule has 15 atom stereocenters. The number of amides is 15. The predicted octanol–water partition coefficient (Wildman–Crippen LogP) is -8.64. The monoisotopic (exact) mass is 1480 g/mol. The highest BCUT2D eigenvalue weighted by atomic mass is 16.4. The molecule has 104 heavy (non-hydrogen) atoms. The van der Waals surface area contributed by atoms with Gasteiger partial charge in [-0.3, -0.25) is 76.9 Å². The van der Waals surface area contributed by atoms with Crippen LogP contribution in [-0.4, -0.2) is 245 Å². The first-order valence-electron chi connectivity index (χ1n) is 34.6. The number of unbranched alkanes of at least 4 members (excludes halogenated alkanes) is 1. The van der Waals surface area contributed by atoms with Gasteiger partial charge in [-0.15, -0.1) is 0 Å². The Labute approximate surface area is 605 Å². The molecule has 0 saturated carbocycles. The van der Waals surface area contributed by atoms with Crippen molar-refractivity contribution in [2.24, 2.45) is 63.3 Å². The normalized spacial score (nSPS) is 15.6. The van der Waals surface area contributed by atoms with E-state index in [1.165, 1.54) is 20.8 Å². The number of aliphatic hydroxyl groups excluding tert-OH is 3. The molecular formula is C64H116N20O20. The largest absolute Gasteiger partial charge is 0.480 e. The van der Waals surface area contributed by atoms with E-state index in [1.807, 2.05) is 0 Å². The average Bonchev–Trinajstić information content (AvgIpc) is 0.863. The Morgan fingerprint density at radius 3 is 1.28 bits per heavy atom. The lowest BCUT2D eigenvalue weighted by Gasteiger charge is -2.31. The Morgan fingerprint density at radius 2 is 0.798 bits per heavy atom. The fourth-order valence-corrected chi connectivity index (χ4v) is 9.86. The first-order chi connectivity index (χ1) is 48.5. The van der Waals surface area contributed by atoms with Crippen LogP contribution in [0.3, 0.4) is 0 Å². The number of nitrogens with zero attached hydrogens (tertiary/aromatic N) is 1. The van der Waals surface area contributed by atoms with Crippen molar-refractivity contribution in [2.45, 2.75) is 233 Å². The Hall–Kier alpha value is -9.41. The molecule has 0 unspecified atom stereocenters. The fraction of sp³-hybridized carbons (Fsp3) is 0.734. The molecule has 0 bridgehead atoms. The third kappa shape index (κ3) is 36.1. The van der Waals surface area contributed by atoms with E-state index in [2.05, 4.69) is 79.4 Å². The number of hydrogen-bond donors (Lipinski definition) is 23. The fourth-order valence-electron chi connectivity index (χ4n) is 9.86. The number of carboxylic acid groups (broad SMARTS) is 1. The van der Waals surface area contributed by atoms with Crippen molar-refractivity contribution in [1.29, 1.82) is 0 Å². The van der Waals surface area contributed by atoms with Gasteiger partial charge >= 0.3 is 5.97 Å². The quantitative estimate of drug-likeness (QED) is 0.0153. The predicted molar refractivity (Wildman–Crippen MR) is 377 cm³/mol. The summed E-state index contributed by atoms with van der Waals surface area (Å²) in [5.41, 5.74) is 27.5. The summed E-state index contributed by atoms with van der Waals surface area (Å²) in [4.78, 5) is 218. The molecule has 0 aromatic heterocycles. The van der Waals surface area contributed by atoms with E-state index in [0.717, 1.165) is 13.8 Å². The molecule has 0 radical (unpaired) electrons. The molecule has 28 N–H and O–H groups in total. The van der Waals surface area contributed by atoms with Crippen molar-refractivity contribution in [3.63, 3.8) is 0 Å². The topological polar surface area (TPSA) is 665 Å². The third-order valence-electron chi connectivity index (χ3n) is 15.9. The lowest BCUT2D eigenvalue weighted by Crippen LogP contribution is -2.63. The zero-order valence-electron chi connectivity index (χ0n) is 61.7. The van der Waals surface area contributed by atoms with Gasteiger partial charge in [-0.05, 0) is 102 Å². The number of aliphatic hydroxyl groups is 3. The molecule has 0 aromatic carbocycles. The third-order valence-corrected chi connectivity index (χ3v) is 15.9. The van der Waals surface area contributed by atoms with E-state index < -0.39 is 223 Å². The molecule has 592 valence electrons. The summed E-state index contributed by atoms with van der Waals surface area (Å²) < 4.78 is 0. The van der Waals surface area contributed by atoms with Crippen molar-refractivity contribution in [1.82, 2.24) is 74.4 Å². The summed E-state index contributed by atoms with van der Waals surface area (Å²) in [5, 5.41) is 74.1. The number of rotatable bonds is 50. The molecule has 0 spiro atoms. The summed E-state index contributed by atoms with van der Waals surface area (Å²) in [6.45, 7) is 17.3. The minimum atomic E-state index is -1.85.